The van der Waals surface area contributed by atoms with Crippen molar-refractivity contribution in [2.24, 2.45) is 17.3 Å². The molecule has 1 fully saturated rings. The highest BCUT2D eigenvalue weighted by Gasteiger charge is 2.45. The Morgan fingerprint density at radius 3 is 2.00 bits per heavy atom. The maximum atomic E-state index is 12.3. The van der Waals surface area contributed by atoms with Gasteiger partial charge in [-0.1, -0.05) is 20.8 Å². The lowest BCUT2D eigenvalue weighted by atomic mass is 9.88. The SMILES string of the molecule is C=S(C)(=O)N(CCC1CC1C(C)(C)C)C(C)(C)C. The molecule has 0 amide bonds. The minimum absolute atomic E-state index is 0.0697. The highest BCUT2D eigenvalue weighted by Crippen LogP contribution is 2.52. The minimum Gasteiger partial charge on any atom is -0.253 e. The molecule has 3 heteroatoms. The fourth-order valence-corrected chi connectivity index (χ4v) is 4.67. The first kappa shape index (κ1) is 16.0. The van der Waals surface area contributed by atoms with Crippen LogP contribution >= 0.6 is 0 Å². The predicted octanol–water partition coefficient (Wildman–Crippen LogP) is 3.42. The van der Waals surface area contributed by atoms with Gasteiger partial charge in [0.15, 0.2) is 0 Å². The monoisotopic (exact) mass is 273 g/mol. The van der Waals surface area contributed by atoms with Crippen LogP contribution in [0.2, 0.25) is 0 Å². The first-order valence-corrected chi connectivity index (χ1v) is 9.03. The van der Waals surface area contributed by atoms with Crippen LogP contribution in [-0.2, 0) is 9.71 Å². The van der Waals surface area contributed by atoms with E-state index in [9.17, 15) is 4.21 Å². The van der Waals surface area contributed by atoms with Gasteiger partial charge in [-0.3, -0.25) is 4.21 Å². The second kappa shape index (κ2) is 4.82. The highest BCUT2D eigenvalue weighted by molar-refractivity contribution is 7.97. The minimum atomic E-state index is -2.11. The van der Waals surface area contributed by atoms with Gasteiger partial charge < -0.3 is 0 Å². The largest absolute Gasteiger partial charge is 0.253 e. The second-order valence-electron chi connectivity index (χ2n) is 7.99. The molecule has 108 valence electrons. The van der Waals surface area contributed by atoms with E-state index in [0.29, 0.717) is 5.41 Å². The maximum absolute atomic E-state index is 12.3. The Morgan fingerprint density at radius 2 is 1.72 bits per heavy atom. The Morgan fingerprint density at radius 1 is 1.22 bits per heavy atom. The zero-order valence-corrected chi connectivity index (χ0v) is 14.1. The molecular weight excluding hydrogens is 242 g/mol. The van der Waals surface area contributed by atoms with E-state index < -0.39 is 9.71 Å². The summed E-state index contributed by atoms with van der Waals surface area (Å²) in [6.45, 7) is 14.2. The topological polar surface area (TPSA) is 20.3 Å². The standard InChI is InChI=1S/C15H31NOS/c1-14(2,3)13-11-12(13)9-10-16(15(4,5)6)18(7,8)17/h12-13H,7,9-11H2,1-6,8H3. The van der Waals surface area contributed by atoms with Gasteiger partial charge in [0, 0.05) is 28.0 Å². The van der Waals surface area contributed by atoms with E-state index >= 15 is 0 Å². The summed E-state index contributed by atoms with van der Waals surface area (Å²) in [5.41, 5.74) is 0.356. The zero-order valence-electron chi connectivity index (χ0n) is 13.2. The summed E-state index contributed by atoms with van der Waals surface area (Å²) in [5.74, 6) is 5.52. The molecule has 0 heterocycles. The highest BCUT2D eigenvalue weighted by atomic mass is 32.2. The van der Waals surface area contributed by atoms with Crippen molar-refractivity contribution in [1.29, 1.82) is 0 Å². The average molecular weight is 273 g/mol. The van der Waals surface area contributed by atoms with Crippen LogP contribution < -0.4 is 0 Å². The summed E-state index contributed by atoms with van der Waals surface area (Å²) in [6, 6.07) is 0. The molecule has 0 radical (unpaired) electrons. The van der Waals surface area contributed by atoms with E-state index in [1.807, 2.05) is 0 Å². The van der Waals surface area contributed by atoms with Crippen molar-refractivity contribution in [2.75, 3.05) is 12.8 Å². The van der Waals surface area contributed by atoms with E-state index in [0.717, 1.165) is 24.8 Å². The van der Waals surface area contributed by atoms with Gasteiger partial charge in [0.05, 0.1) is 0 Å². The van der Waals surface area contributed by atoms with E-state index in [1.54, 1.807) is 6.26 Å². The molecule has 0 bridgehead atoms. The third kappa shape index (κ3) is 4.27. The van der Waals surface area contributed by atoms with Gasteiger partial charge in [-0.05, 0) is 56.7 Å². The van der Waals surface area contributed by atoms with E-state index in [-0.39, 0.29) is 5.54 Å². The smallest absolute Gasteiger partial charge is 0.0250 e. The maximum Gasteiger partial charge on any atom is 0.0250 e. The zero-order chi connectivity index (χ0) is 14.4. The first-order chi connectivity index (χ1) is 7.83. The Hall–Kier alpha value is -0.0200. The van der Waals surface area contributed by atoms with E-state index in [4.69, 9.17) is 0 Å². The first-order valence-electron chi connectivity index (χ1n) is 6.93. The van der Waals surface area contributed by atoms with Crippen LogP contribution in [0.3, 0.4) is 0 Å². The summed E-state index contributed by atoms with van der Waals surface area (Å²) in [6.07, 6.45) is 4.25. The molecule has 0 aliphatic heterocycles. The van der Waals surface area contributed by atoms with Crippen molar-refractivity contribution in [3.8, 4) is 0 Å². The number of nitrogens with zero attached hydrogens (tertiary/aromatic N) is 1. The quantitative estimate of drug-likeness (QED) is 0.719. The number of hydrogen-bond donors (Lipinski definition) is 0. The molecule has 0 spiro atoms. The molecule has 0 N–H and O–H groups in total. The molecule has 1 rings (SSSR count). The van der Waals surface area contributed by atoms with Crippen molar-refractivity contribution in [1.82, 2.24) is 4.31 Å². The van der Waals surface area contributed by atoms with E-state index in [1.165, 1.54) is 6.42 Å². The van der Waals surface area contributed by atoms with E-state index in [2.05, 4.69) is 51.7 Å². The lowest BCUT2D eigenvalue weighted by molar-refractivity contribution is 0.247. The molecular formula is C15H31NOS. The van der Waals surface area contributed by atoms with Crippen LogP contribution in [0.15, 0.2) is 0 Å². The predicted molar refractivity (Wildman–Crippen MR) is 83.3 cm³/mol. The lowest BCUT2D eigenvalue weighted by Crippen LogP contribution is -2.45. The van der Waals surface area contributed by atoms with Crippen molar-refractivity contribution < 1.29 is 4.21 Å². The summed E-state index contributed by atoms with van der Waals surface area (Å²) >= 11 is 0. The van der Waals surface area contributed by atoms with Crippen molar-refractivity contribution in [3.63, 3.8) is 0 Å². The van der Waals surface area contributed by atoms with Crippen molar-refractivity contribution in [3.05, 3.63) is 0 Å². The van der Waals surface area contributed by atoms with Crippen molar-refractivity contribution >= 4 is 15.6 Å². The third-order valence-electron chi connectivity index (χ3n) is 3.95. The Labute approximate surface area is 114 Å². The second-order valence-corrected chi connectivity index (χ2v) is 10.3. The number of hydrogen-bond acceptors (Lipinski definition) is 1. The van der Waals surface area contributed by atoms with Crippen LogP contribution in [-0.4, -0.2) is 32.7 Å². The van der Waals surface area contributed by atoms with Gasteiger partial charge in [0.25, 0.3) is 0 Å². The normalized spacial score (nSPS) is 28.2. The van der Waals surface area contributed by atoms with Gasteiger partial charge in [0.2, 0.25) is 0 Å². The van der Waals surface area contributed by atoms with Gasteiger partial charge >= 0.3 is 0 Å². The Kier molecular flexibility index (Phi) is 4.30. The molecule has 0 aromatic rings. The van der Waals surface area contributed by atoms with Gasteiger partial charge in [-0.15, -0.1) is 0 Å². The fraction of sp³-hybridized carbons (Fsp3) is 0.933. The average Bonchev–Trinajstić information content (AvgIpc) is 2.76. The molecule has 3 atom stereocenters. The summed E-state index contributed by atoms with van der Waals surface area (Å²) in [7, 11) is -2.11. The van der Waals surface area contributed by atoms with Gasteiger partial charge in [-0.2, -0.15) is 0 Å². The molecule has 0 aromatic heterocycles. The molecule has 1 aliphatic rings. The molecule has 3 unspecified atom stereocenters. The summed E-state index contributed by atoms with van der Waals surface area (Å²) in [5, 5.41) is 0. The van der Waals surface area contributed by atoms with Crippen LogP contribution in [0.1, 0.15) is 54.4 Å². The lowest BCUT2D eigenvalue weighted by Gasteiger charge is -2.36. The molecule has 1 aliphatic carbocycles. The van der Waals surface area contributed by atoms with Crippen LogP contribution in [0, 0.1) is 17.3 Å². The number of rotatable bonds is 4. The Bertz CT molecular complexity index is 384. The van der Waals surface area contributed by atoms with Crippen LogP contribution in [0.25, 0.3) is 0 Å². The van der Waals surface area contributed by atoms with Crippen LogP contribution in [0.4, 0.5) is 0 Å². The molecule has 18 heavy (non-hydrogen) atoms. The summed E-state index contributed by atoms with van der Waals surface area (Å²) in [4.78, 5) is 0. The Balaban J connectivity index is 2.57. The van der Waals surface area contributed by atoms with Crippen LogP contribution in [0.5, 0.6) is 0 Å². The summed E-state index contributed by atoms with van der Waals surface area (Å²) < 4.78 is 14.3. The molecule has 1 saturated carbocycles. The molecule has 0 aromatic carbocycles. The molecule has 0 saturated heterocycles. The fourth-order valence-electron chi connectivity index (χ4n) is 3.02. The third-order valence-corrected chi connectivity index (χ3v) is 5.62. The van der Waals surface area contributed by atoms with Gasteiger partial charge in [0.1, 0.15) is 0 Å². The molecule has 2 nitrogen and oxygen atoms in total. The van der Waals surface area contributed by atoms with Gasteiger partial charge in [-0.25, -0.2) is 4.31 Å². The van der Waals surface area contributed by atoms with Crippen molar-refractivity contribution in [2.45, 2.75) is 59.9 Å².